The second kappa shape index (κ2) is 6.46. The van der Waals surface area contributed by atoms with Crippen LogP contribution in [0, 0.1) is 20.8 Å². The molecule has 0 bridgehead atoms. The van der Waals surface area contributed by atoms with Crippen molar-refractivity contribution in [3.8, 4) is 0 Å². The first-order valence-corrected chi connectivity index (χ1v) is 8.08. The van der Waals surface area contributed by atoms with Gasteiger partial charge in [-0.3, -0.25) is 18.8 Å². The fourth-order valence-corrected chi connectivity index (χ4v) is 2.87. The van der Waals surface area contributed by atoms with Gasteiger partial charge in [0.05, 0.1) is 17.6 Å². The molecule has 3 rings (SSSR count). The molecule has 0 spiro atoms. The molecule has 0 aromatic carbocycles. The molecule has 1 amide bonds. The van der Waals surface area contributed by atoms with Crippen LogP contribution in [0.5, 0.6) is 0 Å². The summed E-state index contributed by atoms with van der Waals surface area (Å²) in [4.78, 5) is 12.0. The smallest absolute Gasteiger partial charge is 0.241 e. The summed E-state index contributed by atoms with van der Waals surface area (Å²) in [7, 11) is 1.88. The summed E-state index contributed by atoms with van der Waals surface area (Å²) in [5.41, 5.74) is 4.81. The Morgan fingerprint density at radius 2 is 2.00 bits per heavy atom. The van der Waals surface area contributed by atoms with E-state index in [2.05, 4.69) is 26.7 Å². The lowest BCUT2D eigenvalue weighted by Crippen LogP contribution is -2.29. The van der Waals surface area contributed by atoms with Crippen LogP contribution in [0.1, 0.15) is 23.5 Å². The molecule has 3 aromatic rings. The molecule has 24 heavy (non-hydrogen) atoms. The van der Waals surface area contributed by atoms with Crippen molar-refractivity contribution in [2.75, 3.05) is 6.54 Å². The van der Waals surface area contributed by atoms with Gasteiger partial charge in [-0.05, 0) is 33.3 Å². The molecule has 3 aromatic heterocycles. The molecule has 128 valence electrons. The molecule has 0 aliphatic rings. The maximum Gasteiger partial charge on any atom is 0.241 e. The summed E-state index contributed by atoms with van der Waals surface area (Å²) in [5, 5.41) is 16.1. The monoisotopic (exact) mass is 329 g/mol. The highest BCUT2D eigenvalue weighted by Gasteiger charge is 2.11. The zero-order valence-electron chi connectivity index (χ0n) is 14.6. The van der Waals surface area contributed by atoms with Gasteiger partial charge in [-0.15, -0.1) is 0 Å². The Balaban J connectivity index is 1.48. The first-order valence-electron chi connectivity index (χ1n) is 8.08. The van der Waals surface area contributed by atoms with E-state index in [1.54, 1.807) is 9.36 Å². The topological polar surface area (TPSA) is 82.6 Å². The minimum absolute atomic E-state index is 0.0400. The predicted molar refractivity (Wildman–Crippen MR) is 90.6 cm³/mol. The average Bonchev–Trinajstić information content (AvgIpc) is 3.13. The van der Waals surface area contributed by atoms with Crippen molar-refractivity contribution in [1.29, 1.82) is 0 Å². The number of rotatable bonds is 6. The van der Waals surface area contributed by atoms with Gasteiger partial charge < -0.3 is 5.32 Å². The van der Waals surface area contributed by atoms with E-state index >= 15 is 0 Å². The summed E-state index contributed by atoms with van der Waals surface area (Å²) in [5.74, 6) is -0.0400. The van der Waals surface area contributed by atoms with Gasteiger partial charge in [-0.1, -0.05) is 0 Å². The summed E-state index contributed by atoms with van der Waals surface area (Å²) in [6, 6.07) is 2.05. The van der Waals surface area contributed by atoms with Crippen LogP contribution >= 0.6 is 0 Å². The molecule has 0 saturated heterocycles. The minimum Gasteiger partial charge on any atom is -0.354 e. The van der Waals surface area contributed by atoms with Crippen LogP contribution in [0.15, 0.2) is 12.3 Å². The van der Waals surface area contributed by atoms with Gasteiger partial charge in [-0.25, -0.2) is 0 Å². The number of aromatic nitrogens is 6. The normalized spacial score (nSPS) is 11.3. The van der Waals surface area contributed by atoms with Gasteiger partial charge in [0, 0.05) is 25.8 Å². The molecule has 0 saturated carbocycles. The lowest BCUT2D eigenvalue weighted by molar-refractivity contribution is -0.121. The van der Waals surface area contributed by atoms with Gasteiger partial charge in [-0.2, -0.15) is 15.3 Å². The van der Waals surface area contributed by atoms with Crippen molar-refractivity contribution in [2.24, 2.45) is 7.05 Å². The van der Waals surface area contributed by atoms with E-state index < -0.39 is 0 Å². The van der Waals surface area contributed by atoms with Crippen molar-refractivity contribution >= 4 is 16.9 Å². The summed E-state index contributed by atoms with van der Waals surface area (Å²) in [6.07, 6.45) is 2.70. The summed E-state index contributed by atoms with van der Waals surface area (Å²) < 4.78 is 5.41. The Kier molecular flexibility index (Phi) is 4.37. The lowest BCUT2D eigenvalue weighted by atomic mass is 10.4. The molecular weight excluding hydrogens is 306 g/mol. The standard InChI is InChI=1S/C16H23N7O/c1-11-8-12(2)23(18-11)7-5-6-17-15(24)10-22-9-14-16(20-22)13(3)19-21(14)4/h8-9H,5-7,10H2,1-4H3,(H,17,24). The number of aryl methyl sites for hydroxylation is 5. The molecular formula is C16H23N7O. The number of hydrogen-bond acceptors (Lipinski definition) is 4. The quantitative estimate of drug-likeness (QED) is 0.687. The second-order valence-corrected chi connectivity index (χ2v) is 6.12. The molecule has 0 radical (unpaired) electrons. The van der Waals surface area contributed by atoms with Crippen molar-refractivity contribution in [2.45, 2.75) is 40.3 Å². The maximum absolute atomic E-state index is 12.0. The van der Waals surface area contributed by atoms with E-state index in [1.165, 1.54) is 0 Å². The molecule has 8 nitrogen and oxygen atoms in total. The molecule has 0 aliphatic heterocycles. The van der Waals surface area contributed by atoms with E-state index in [1.807, 2.05) is 38.7 Å². The maximum atomic E-state index is 12.0. The van der Waals surface area contributed by atoms with Crippen LogP contribution in [0.3, 0.4) is 0 Å². The van der Waals surface area contributed by atoms with Gasteiger partial charge in [0.15, 0.2) is 0 Å². The van der Waals surface area contributed by atoms with E-state index in [9.17, 15) is 4.79 Å². The van der Waals surface area contributed by atoms with E-state index in [0.29, 0.717) is 6.54 Å². The number of hydrogen-bond donors (Lipinski definition) is 1. The largest absolute Gasteiger partial charge is 0.354 e. The number of nitrogens with one attached hydrogen (secondary N) is 1. The van der Waals surface area contributed by atoms with Gasteiger partial charge in [0.1, 0.15) is 17.6 Å². The third-order valence-electron chi connectivity index (χ3n) is 4.01. The number of carbonyl (C=O) groups is 1. The Morgan fingerprint density at radius 1 is 1.21 bits per heavy atom. The van der Waals surface area contributed by atoms with Crippen molar-refractivity contribution in [3.63, 3.8) is 0 Å². The van der Waals surface area contributed by atoms with Gasteiger partial charge in [0.25, 0.3) is 0 Å². The lowest BCUT2D eigenvalue weighted by Gasteiger charge is -2.07. The highest BCUT2D eigenvalue weighted by molar-refractivity contribution is 5.79. The summed E-state index contributed by atoms with van der Waals surface area (Å²) in [6.45, 7) is 7.58. The van der Waals surface area contributed by atoms with E-state index in [0.717, 1.165) is 41.1 Å². The molecule has 1 N–H and O–H groups in total. The number of fused-ring (bicyclic) bond motifs is 1. The highest BCUT2D eigenvalue weighted by Crippen LogP contribution is 2.14. The SMILES string of the molecule is Cc1cc(C)n(CCCNC(=O)Cn2cc3c(n2)c(C)nn3C)n1. The number of amides is 1. The Hall–Kier alpha value is -2.64. The van der Waals surface area contributed by atoms with Crippen LogP contribution in [-0.2, 0) is 24.9 Å². The van der Waals surface area contributed by atoms with E-state index in [4.69, 9.17) is 0 Å². The molecule has 0 fully saturated rings. The molecule has 3 heterocycles. The zero-order valence-corrected chi connectivity index (χ0v) is 14.6. The highest BCUT2D eigenvalue weighted by atomic mass is 16.2. The van der Waals surface area contributed by atoms with Crippen molar-refractivity contribution in [1.82, 2.24) is 34.7 Å². The fraction of sp³-hybridized carbons (Fsp3) is 0.500. The third kappa shape index (κ3) is 3.32. The van der Waals surface area contributed by atoms with Crippen LogP contribution in [0.25, 0.3) is 11.0 Å². The van der Waals surface area contributed by atoms with Crippen molar-refractivity contribution < 1.29 is 4.79 Å². The first-order chi connectivity index (χ1) is 11.4. The Labute approximate surface area is 140 Å². The van der Waals surface area contributed by atoms with Crippen LogP contribution in [0.4, 0.5) is 0 Å². The van der Waals surface area contributed by atoms with Crippen LogP contribution in [0.2, 0.25) is 0 Å². The minimum atomic E-state index is -0.0400. The van der Waals surface area contributed by atoms with E-state index in [-0.39, 0.29) is 12.5 Å². The third-order valence-corrected chi connectivity index (χ3v) is 4.01. The molecule has 8 heteroatoms. The number of carbonyl (C=O) groups excluding carboxylic acids is 1. The Morgan fingerprint density at radius 3 is 2.67 bits per heavy atom. The molecule has 0 unspecified atom stereocenters. The summed E-state index contributed by atoms with van der Waals surface area (Å²) >= 11 is 0. The van der Waals surface area contributed by atoms with Crippen molar-refractivity contribution in [3.05, 3.63) is 29.3 Å². The molecule has 0 aliphatic carbocycles. The zero-order chi connectivity index (χ0) is 17.3. The average molecular weight is 329 g/mol. The molecule has 0 atom stereocenters. The van der Waals surface area contributed by atoms with Gasteiger partial charge in [0.2, 0.25) is 5.91 Å². The van der Waals surface area contributed by atoms with Crippen LogP contribution < -0.4 is 5.32 Å². The first kappa shape index (κ1) is 16.2. The van der Waals surface area contributed by atoms with Crippen LogP contribution in [-0.4, -0.2) is 41.8 Å². The van der Waals surface area contributed by atoms with Gasteiger partial charge >= 0.3 is 0 Å². The predicted octanol–water partition coefficient (Wildman–Crippen LogP) is 1.10. The Bertz CT molecular complexity index is 836. The second-order valence-electron chi connectivity index (χ2n) is 6.12. The number of nitrogens with zero attached hydrogens (tertiary/aromatic N) is 6. The fourth-order valence-electron chi connectivity index (χ4n) is 2.87.